The van der Waals surface area contributed by atoms with Gasteiger partial charge in [-0.1, -0.05) is 12.1 Å². The Hall–Kier alpha value is -4.47. The monoisotopic (exact) mass is 433 g/mol. The largest absolute Gasteiger partial charge is 0.330 e. The molecule has 0 saturated heterocycles. The second-order valence-electron chi connectivity index (χ2n) is 7.35. The third-order valence-corrected chi connectivity index (χ3v) is 5.24. The predicted octanol–water partition coefficient (Wildman–Crippen LogP) is 2.56. The van der Waals surface area contributed by atoms with Crippen molar-refractivity contribution in [3.63, 3.8) is 0 Å². The number of aryl methyl sites for hydroxylation is 1. The summed E-state index contributed by atoms with van der Waals surface area (Å²) in [5.74, 6) is -0.208. The molecule has 2 aromatic carbocycles. The summed E-state index contributed by atoms with van der Waals surface area (Å²) >= 11 is 0. The van der Waals surface area contributed by atoms with E-state index in [2.05, 4.69) is 5.32 Å². The molecule has 0 saturated carbocycles. The van der Waals surface area contributed by atoms with Gasteiger partial charge in [-0.05, 0) is 24.3 Å². The minimum absolute atomic E-state index is 0.119. The summed E-state index contributed by atoms with van der Waals surface area (Å²) in [5, 5.41) is 14.3. The van der Waals surface area contributed by atoms with Crippen LogP contribution in [0.3, 0.4) is 0 Å². The van der Waals surface area contributed by atoms with E-state index >= 15 is 0 Å². The number of non-ortho nitro benzene ring substituents is 1. The van der Waals surface area contributed by atoms with Crippen LogP contribution in [0.5, 0.6) is 0 Å². The van der Waals surface area contributed by atoms with Gasteiger partial charge in [-0.2, -0.15) is 0 Å². The maximum atomic E-state index is 13.1. The van der Waals surface area contributed by atoms with E-state index < -0.39 is 16.2 Å². The highest BCUT2D eigenvalue weighted by Gasteiger charge is 2.21. The molecular formula is C22H19N5O5. The predicted molar refractivity (Wildman–Crippen MR) is 120 cm³/mol. The topological polar surface area (TPSA) is 121 Å². The summed E-state index contributed by atoms with van der Waals surface area (Å²) < 4.78 is 4.08. The van der Waals surface area contributed by atoms with Gasteiger partial charge >= 0.3 is 5.69 Å². The number of hydrogen-bond donors (Lipinski definition) is 1. The van der Waals surface area contributed by atoms with Crippen LogP contribution in [0.15, 0.2) is 64.3 Å². The zero-order valence-electron chi connectivity index (χ0n) is 17.5. The molecule has 1 N–H and O–H groups in total. The fourth-order valence-electron chi connectivity index (χ4n) is 3.70. The van der Waals surface area contributed by atoms with Crippen LogP contribution in [-0.2, 0) is 18.9 Å². The van der Waals surface area contributed by atoms with Crippen LogP contribution in [0.2, 0.25) is 0 Å². The number of fused-ring (bicyclic) bond motifs is 1. The second kappa shape index (κ2) is 7.65. The molecule has 32 heavy (non-hydrogen) atoms. The number of carbonyl (C=O) groups excluding carboxylic acids is 1. The molecule has 0 spiro atoms. The molecular weight excluding hydrogens is 414 g/mol. The normalized spacial score (nSPS) is 11.0. The third kappa shape index (κ3) is 3.37. The summed E-state index contributed by atoms with van der Waals surface area (Å²) in [6.45, 7) is 1.41. The fourth-order valence-corrected chi connectivity index (χ4v) is 3.70. The molecule has 0 unspecified atom stereocenters. The number of carbonyl (C=O) groups is 1. The Morgan fingerprint density at radius 2 is 1.72 bits per heavy atom. The smallest absolute Gasteiger partial charge is 0.326 e. The van der Waals surface area contributed by atoms with Crippen LogP contribution in [0.25, 0.3) is 27.8 Å². The number of nitrogens with one attached hydrogen (secondary N) is 1. The van der Waals surface area contributed by atoms with Gasteiger partial charge in [-0.3, -0.25) is 28.8 Å². The minimum Gasteiger partial charge on any atom is -0.326 e. The van der Waals surface area contributed by atoms with Crippen molar-refractivity contribution < 1.29 is 9.72 Å². The van der Waals surface area contributed by atoms with Gasteiger partial charge in [0.05, 0.1) is 21.5 Å². The molecule has 2 aromatic heterocycles. The van der Waals surface area contributed by atoms with Gasteiger partial charge in [0.2, 0.25) is 5.91 Å². The van der Waals surface area contributed by atoms with E-state index in [0.29, 0.717) is 28.1 Å². The molecule has 162 valence electrons. The zero-order valence-corrected chi connectivity index (χ0v) is 17.5. The number of hydrogen-bond acceptors (Lipinski definition) is 5. The van der Waals surface area contributed by atoms with E-state index in [1.165, 1.54) is 30.7 Å². The molecule has 4 aromatic rings. The van der Waals surface area contributed by atoms with Gasteiger partial charge in [-0.25, -0.2) is 4.79 Å². The highest BCUT2D eigenvalue weighted by Crippen LogP contribution is 2.33. The lowest BCUT2D eigenvalue weighted by molar-refractivity contribution is -0.384. The summed E-state index contributed by atoms with van der Waals surface area (Å²) in [6.07, 6.45) is 1.65. The quantitative estimate of drug-likeness (QED) is 0.392. The van der Waals surface area contributed by atoms with Gasteiger partial charge in [0.1, 0.15) is 0 Å². The Morgan fingerprint density at radius 1 is 1.03 bits per heavy atom. The lowest BCUT2D eigenvalue weighted by Gasteiger charge is -2.11. The standard InChI is InChI=1S/C22H19N5O5/c1-13(28)23-15-7-9-16(10-8-15)26-12-18-19(21(29)25(3)22(30)24(18)2)20(26)14-5-4-6-17(11-14)27(31)32/h4-12H,1-3H3,(H,23,28). The minimum atomic E-state index is -0.505. The highest BCUT2D eigenvalue weighted by molar-refractivity contribution is 5.95. The number of nitro benzene ring substituents is 1. The van der Waals surface area contributed by atoms with Crippen LogP contribution < -0.4 is 16.6 Å². The van der Waals surface area contributed by atoms with E-state index in [-0.39, 0.29) is 17.0 Å². The molecule has 0 atom stereocenters. The molecule has 0 bridgehead atoms. The van der Waals surface area contributed by atoms with Gasteiger partial charge < -0.3 is 9.88 Å². The van der Waals surface area contributed by atoms with Crippen LogP contribution in [0, 0.1) is 10.1 Å². The summed E-state index contributed by atoms with van der Waals surface area (Å²) in [7, 11) is 2.95. The first-order valence-electron chi connectivity index (χ1n) is 9.63. The van der Waals surface area contributed by atoms with Crippen molar-refractivity contribution in [3.8, 4) is 16.9 Å². The number of anilines is 1. The lowest BCUT2D eigenvalue weighted by Crippen LogP contribution is -2.36. The SMILES string of the molecule is CC(=O)Nc1ccc(-n2cc3c(c2-c2cccc([N+](=O)[O-])c2)c(=O)n(C)c(=O)n3C)cc1. The van der Waals surface area contributed by atoms with E-state index in [0.717, 1.165) is 4.57 Å². The van der Waals surface area contributed by atoms with Crippen LogP contribution in [0.4, 0.5) is 11.4 Å². The van der Waals surface area contributed by atoms with Gasteiger partial charge in [0.25, 0.3) is 11.2 Å². The first kappa shape index (κ1) is 20.8. The average Bonchev–Trinajstić information content (AvgIpc) is 3.17. The molecule has 10 heteroatoms. The van der Waals surface area contributed by atoms with Crippen molar-refractivity contribution in [2.45, 2.75) is 6.92 Å². The summed E-state index contributed by atoms with van der Waals surface area (Å²) in [4.78, 5) is 47.7. The Morgan fingerprint density at radius 3 is 2.34 bits per heavy atom. The summed E-state index contributed by atoms with van der Waals surface area (Å²) in [5.41, 5.74) is 1.41. The number of aromatic nitrogens is 3. The van der Waals surface area contributed by atoms with E-state index in [1.54, 1.807) is 54.2 Å². The van der Waals surface area contributed by atoms with Crippen molar-refractivity contribution in [1.82, 2.24) is 13.7 Å². The number of rotatable bonds is 4. The van der Waals surface area contributed by atoms with Gasteiger partial charge in [0.15, 0.2) is 0 Å². The molecule has 10 nitrogen and oxygen atoms in total. The Balaban J connectivity index is 2.07. The van der Waals surface area contributed by atoms with Crippen LogP contribution in [0.1, 0.15) is 6.92 Å². The molecule has 4 rings (SSSR count). The number of nitrogens with zero attached hydrogens (tertiary/aromatic N) is 4. The molecule has 0 aliphatic heterocycles. The third-order valence-electron chi connectivity index (χ3n) is 5.24. The fraction of sp³-hybridized carbons (Fsp3) is 0.136. The van der Waals surface area contributed by atoms with E-state index in [9.17, 15) is 24.5 Å². The van der Waals surface area contributed by atoms with E-state index in [1.807, 2.05) is 0 Å². The zero-order chi connectivity index (χ0) is 23.2. The number of nitro groups is 1. The number of amides is 1. The van der Waals surface area contributed by atoms with Gasteiger partial charge in [0, 0.05) is 56.3 Å². The molecule has 0 radical (unpaired) electrons. The Labute approximate surface area is 181 Å². The maximum Gasteiger partial charge on any atom is 0.330 e. The average molecular weight is 433 g/mol. The molecule has 1 amide bonds. The first-order chi connectivity index (χ1) is 15.2. The second-order valence-corrected chi connectivity index (χ2v) is 7.35. The van der Waals surface area contributed by atoms with Crippen LogP contribution >= 0.6 is 0 Å². The first-order valence-corrected chi connectivity index (χ1v) is 9.63. The van der Waals surface area contributed by atoms with Crippen molar-refractivity contribution in [1.29, 1.82) is 0 Å². The molecule has 0 aliphatic rings. The Kier molecular flexibility index (Phi) is 4.97. The number of benzene rings is 2. The van der Waals surface area contributed by atoms with E-state index in [4.69, 9.17) is 0 Å². The Bertz CT molecular complexity index is 1510. The molecule has 2 heterocycles. The summed E-state index contributed by atoms with van der Waals surface area (Å²) in [6, 6.07) is 12.9. The highest BCUT2D eigenvalue weighted by atomic mass is 16.6. The van der Waals surface area contributed by atoms with Crippen LogP contribution in [-0.4, -0.2) is 24.5 Å². The lowest BCUT2D eigenvalue weighted by atomic mass is 10.1. The van der Waals surface area contributed by atoms with Crippen molar-refractivity contribution in [2.24, 2.45) is 14.1 Å². The van der Waals surface area contributed by atoms with Gasteiger partial charge in [-0.15, -0.1) is 0 Å². The van der Waals surface area contributed by atoms with Crippen molar-refractivity contribution in [3.05, 3.63) is 85.7 Å². The maximum absolute atomic E-state index is 13.1. The molecule has 0 aliphatic carbocycles. The van der Waals surface area contributed by atoms with Crippen molar-refractivity contribution >= 4 is 28.2 Å². The molecule has 0 fully saturated rings. The van der Waals surface area contributed by atoms with Crippen molar-refractivity contribution in [2.75, 3.05) is 5.32 Å².